The lowest BCUT2D eigenvalue weighted by Gasteiger charge is -2.06. The number of nitrogens with zero attached hydrogens (tertiary/aromatic N) is 3. The molecule has 0 amide bonds. The standard InChI is InChI=1S/C9H14N4O4/c1-12-8(16)7(11-13(2)9(12)17)10-5-3-4-6(14)15/h3-5H2,1-2H3,(H,10,11)(H,14,15). The van der Waals surface area contributed by atoms with Crippen molar-refractivity contribution in [3.05, 3.63) is 20.8 Å². The summed E-state index contributed by atoms with van der Waals surface area (Å²) in [7, 11) is 2.79. The maximum Gasteiger partial charge on any atom is 0.346 e. The molecule has 0 aliphatic heterocycles. The number of nitrogens with one attached hydrogen (secondary N) is 1. The first kappa shape index (κ1) is 12.9. The molecule has 1 heterocycles. The van der Waals surface area contributed by atoms with Gasteiger partial charge >= 0.3 is 11.7 Å². The second-order valence-corrected chi connectivity index (χ2v) is 3.54. The van der Waals surface area contributed by atoms with Gasteiger partial charge in [-0.05, 0) is 6.42 Å². The number of aromatic nitrogens is 3. The van der Waals surface area contributed by atoms with Gasteiger partial charge in [0, 0.05) is 27.1 Å². The molecule has 0 saturated carbocycles. The summed E-state index contributed by atoms with van der Waals surface area (Å²) in [5, 5.41) is 14.9. The van der Waals surface area contributed by atoms with Crippen LogP contribution in [0.4, 0.5) is 5.82 Å². The van der Waals surface area contributed by atoms with Gasteiger partial charge in [-0.3, -0.25) is 14.2 Å². The van der Waals surface area contributed by atoms with Gasteiger partial charge in [0.05, 0.1) is 0 Å². The highest BCUT2D eigenvalue weighted by Crippen LogP contribution is 1.93. The molecule has 1 aromatic rings. The summed E-state index contributed by atoms with van der Waals surface area (Å²) in [4.78, 5) is 33.2. The van der Waals surface area contributed by atoms with E-state index < -0.39 is 17.2 Å². The third-order valence-corrected chi connectivity index (χ3v) is 2.18. The Morgan fingerprint density at radius 1 is 1.41 bits per heavy atom. The van der Waals surface area contributed by atoms with Crippen LogP contribution in [0.25, 0.3) is 0 Å². The molecule has 1 rings (SSSR count). The van der Waals surface area contributed by atoms with Crippen molar-refractivity contribution >= 4 is 11.8 Å². The molecule has 0 aromatic carbocycles. The molecule has 17 heavy (non-hydrogen) atoms. The molecule has 0 radical (unpaired) electrons. The van der Waals surface area contributed by atoms with Crippen molar-refractivity contribution < 1.29 is 9.90 Å². The summed E-state index contributed by atoms with van der Waals surface area (Å²) in [6.07, 6.45) is 0.391. The van der Waals surface area contributed by atoms with Crippen LogP contribution in [0.5, 0.6) is 0 Å². The van der Waals surface area contributed by atoms with E-state index in [0.717, 1.165) is 9.25 Å². The van der Waals surface area contributed by atoms with Gasteiger partial charge < -0.3 is 10.4 Å². The van der Waals surface area contributed by atoms with Crippen LogP contribution in [0.1, 0.15) is 12.8 Å². The second-order valence-electron chi connectivity index (χ2n) is 3.54. The van der Waals surface area contributed by atoms with Crippen LogP contribution in [0.15, 0.2) is 9.59 Å². The van der Waals surface area contributed by atoms with Crippen LogP contribution >= 0.6 is 0 Å². The molecule has 8 nitrogen and oxygen atoms in total. The van der Waals surface area contributed by atoms with Crippen molar-refractivity contribution in [2.45, 2.75) is 12.8 Å². The average Bonchev–Trinajstić information content (AvgIpc) is 2.27. The molecule has 0 aliphatic carbocycles. The van der Waals surface area contributed by atoms with Gasteiger partial charge in [0.25, 0.3) is 5.56 Å². The van der Waals surface area contributed by atoms with E-state index in [4.69, 9.17) is 5.11 Å². The molecule has 94 valence electrons. The van der Waals surface area contributed by atoms with E-state index in [2.05, 4.69) is 10.4 Å². The number of hydrogen-bond acceptors (Lipinski definition) is 5. The minimum atomic E-state index is -0.895. The lowest BCUT2D eigenvalue weighted by molar-refractivity contribution is -0.137. The van der Waals surface area contributed by atoms with Crippen molar-refractivity contribution in [2.24, 2.45) is 14.1 Å². The maximum atomic E-state index is 11.6. The normalized spacial score (nSPS) is 10.2. The van der Waals surface area contributed by atoms with E-state index in [-0.39, 0.29) is 12.2 Å². The van der Waals surface area contributed by atoms with Crippen LogP contribution in [-0.2, 0) is 18.9 Å². The molecule has 0 saturated heterocycles. The smallest absolute Gasteiger partial charge is 0.346 e. The summed E-state index contributed by atoms with van der Waals surface area (Å²) in [6, 6.07) is 0. The predicted octanol–water partition coefficient (Wildman–Crippen LogP) is -1.24. The van der Waals surface area contributed by atoms with Gasteiger partial charge in [0.1, 0.15) is 0 Å². The Hall–Kier alpha value is -2.12. The molecule has 8 heteroatoms. The molecule has 0 spiro atoms. The van der Waals surface area contributed by atoms with E-state index in [0.29, 0.717) is 13.0 Å². The quantitative estimate of drug-likeness (QED) is 0.625. The van der Waals surface area contributed by atoms with Gasteiger partial charge in [-0.25, -0.2) is 9.48 Å². The monoisotopic (exact) mass is 242 g/mol. The average molecular weight is 242 g/mol. The highest BCUT2D eigenvalue weighted by Gasteiger charge is 2.07. The van der Waals surface area contributed by atoms with Crippen molar-refractivity contribution in [1.82, 2.24) is 14.3 Å². The largest absolute Gasteiger partial charge is 0.481 e. The van der Waals surface area contributed by atoms with E-state index in [9.17, 15) is 14.4 Å². The SMILES string of the molecule is Cn1nc(NCCCC(=O)O)c(=O)n(C)c1=O. The van der Waals surface area contributed by atoms with E-state index >= 15 is 0 Å². The summed E-state index contributed by atoms with van der Waals surface area (Å²) >= 11 is 0. The molecule has 0 aliphatic rings. The Bertz CT molecular complexity index is 531. The molecule has 0 unspecified atom stereocenters. The summed E-state index contributed by atoms with van der Waals surface area (Å²) in [5.41, 5.74) is -1.03. The van der Waals surface area contributed by atoms with Crippen LogP contribution in [0, 0.1) is 0 Å². The zero-order valence-corrected chi connectivity index (χ0v) is 9.63. The topological polar surface area (TPSA) is 106 Å². The Morgan fingerprint density at radius 3 is 2.65 bits per heavy atom. The Morgan fingerprint density at radius 2 is 2.06 bits per heavy atom. The number of anilines is 1. The lowest BCUT2D eigenvalue weighted by atomic mass is 10.3. The fraction of sp³-hybridized carbons (Fsp3) is 0.556. The van der Waals surface area contributed by atoms with Crippen LogP contribution in [0.3, 0.4) is 0 Å². The van der Waals surface area contributed by atoms with Gasteiger partial charge in [-0.2, -0.15) is 0 Å². The first-order valence-corrected chi connectivity index (χ1v) is 5.03. The van der Waals surface area contributed by atoms with E-state index in [1.807, 2.05) is 0 Å². The highest BCUT2D eigenvalue weighted by molar-refractivity contribution is 5.66. The summed E-state index contributed by atoms with van der Waals surface area (Å²) in [5.74, 6) is -0.854. The van der Waals surface area contributed by atoms with Gasteiger partial charge in [0.15, 0.2) is 0 Å². The summed E-state index contributed by atoms with van der Waals surface area (Å²) < 4.78 is 1.98. The Labute approximate surface area is 96.5 Å². The van der Waals surface area contributed by atoms with Crippen molar-refractivity contribution in [3.8, 4) is 0 Å². The number of carboxylic acids is 1. The van der Waals surface area contributed by atoms with Crippen molar-refractivity contribution in [2.75, 3.05) is 11.9 Å². The number of rotatable bonds is 5. The first-order valence-electron chi connectivity index (χ1n) is 5.03. The maximum absolute atomic E-state index is 11.6. The Balaban J connectivity index is 2.76. The number of carbonyl (C=O) groups is 1. The zero-order chi connectivity index (χ0) is 13.0. The van der Waals surface area contributed by atoms with Crippen molar-refractivity contribution in [1.29, 1.82) is 0 Å². The molecule has 0 atom stereocenters. The number of aliphatic carboxylic acids is 1. The molecule has 0 bridgehead atoms. The zero-order valence-electron chi connectivity index (χ0n) is 9.63. The van der Waals surface area contributed by atoms with Crippen molar-refractivity contribution in [3.63, 3.8) is 0 Å². The van der Waals surface area contributed by atoms with Crippen LogP contribution < -0.4 is 16.6 Å². The number of hydrogen-bond donors (Lipinski definition) is 2. The molecule has 0 fully saturated rings. The predicted molar refractivity (Wildman–Crippen MR) is 60.1 cm³/mol. The van der Waals surface area contributed by atoms with Crippen LogP contribution in [0.2, 0.25) is 0 Å². The van der Waals surface area contributed by atoms with E-state index in [1.54, 1.807) is 0 Å². The third kappa shape index (κ3) is 3.16. The second kappa shape index (κ2) is 5.28. The number of carboxylic acid groups (broad SMARTS) is 1. The van der Waals surface area contributed by atoms with Gasteiger partial charge in [-0.1, -0.05) is 0 Å². The molecular formula is C9H14N4O4. The minimum absolute atomic E-state index is 0.0130. The summed E-state index contributed by atoms with van der Waals surface area (Å²) in [6.45, 7) is 0.312. The first-order chi connectivity index (χ1) is 7.93. The fourth-order valence-electron chi connectivity index (χ4n) is 1.26. The fourth-order valence-corrected chi connectivity index (χ4v) is 1.26. The highest BCUT2D eigenvalue weighted by atomic mass is 16.4. The van der Waals surface area contributed by atoms with E-state index in [1.165, 1.54) is 14.1 Å². The molecule has 2 N–H and O–H groups in total. The van der Waals surface area contributed by atoms with Crippen LogP contribution in [-0.4, -0.2) is 32.0 Å². The minimum Gasteiger partial charge on any atom is -0.481 e. The Kier molecular flexibility index (Phi) is 4.02. The number of aryl methyl sites for hydroxylation is 1. The molecule has 1 aromatic heterocycles. The van der Waals surface area contributed by atoms with Gasteiger partial charge in [0.2, 0.25) is 5.82 Å². The lowest BCUT2D eigenvalue weighted by Crippen LogP contribution is -2.40. The molecular weight excluding hydrogens is 228 g/mol. The third-order valence-electron chi connectivity index (χ3n) is 2.18. The van der Waals surface area contributed by atoms with Gasteiger partial charge in [-0.15, -0.1) is 5.10 Å².